The fraction of sp³-hybridized carbons (Fsp3) is 0.625. The third-order valence-corrected chi connectivity index (χ3v) is 4.53. The van der Waals surface area contributed by atoms with E-state index in [9.17, 15) is 0 Å². The lowest BCUT2D eigenvalue weighted by Crippen LogP contribution is -2.42. The molecule has 2 heteroatoms. The van der Waals surface area contributed by atoms with Gasteiger partial charge in [-0.05, 0) is 56.6 Å². The van der Waals surface area contributed by atoms with Crippen molar-refractivity contribution < 1.29 is 4.74 Å². The molecule has 1 aliphatic carbocycles. The number of ether oxygens (including phenoxy) is 1. The molecule has 2 N–H and O–H groups in total. The number of fused-ring (bicyclic) bond motifs is 1. The Labute approximate surface area is 110 Å². The van der Waals surface area contributed by atoms with Gasteiger partial charge in [-0.15, -0.1) is 0 Å². The van der Waals surface area contributed by atoms with Gasteiger partial charge in [-0.2, -0.15) is 0 Å². The lowest BCUT2D eigenvalue weighted by atomic mass is 9.74. The summed E-state index contributed by atoms with van der Waals surface area (Å²) in [5.41, 5.74) is 9.36. The van der Waals surface area contributed by atoms with Gasteiger partial charge in [0.05, 0.1) is 12.2 Å². The van der Waals surface area contributed by atoms with Crippen LogP contribution in [0, 0.1) is 0 Å². The molecule has 3 atom stereocenters. The second kappa shape index (κ2) is 4.67. The van der Waals surface area contributed by atoms with Crippen LogP contribution in [0.2, 0.25) is 0 Å². The van der Waals surface area contributed by atoms with E-state index in [1.807, 2.05) is 0 Å². The Morgan fingerprint density at radius 1 is 1.33 bits per heavy atom. The van der Waals surface area contributed by atoms with Crippen LogP contribution in [0.15, 0.2) is 24.3 Å². The van der Waals surface area contributed by atoms with Crippen molar-refractivity contribution >= 4 is 0 Å². The molecule has 0 saturated carbocycles. The van der Waals surface area contributed by atoms with E-state index in [1.54, 1.807) is 0 Å². The summed E-state index contributed by atoms with van der Waals surface area (Å²) in [6.07, 6.45) is 7.58. The highest BCUT2D eigenvalue weighted by Gasteiger charge is 2.36. The van der Waals surface area contributed by atoms with Crippen molar-refractivity contribution in [1.82, 2.24) is 0 Å². The minimum absolute atomic E-state index is 0.163. The summed E-state index contributed by atoms with van der Waals surface area (Å²) in [7, 11) is 0. The molecule has 3 unspecified atom stereocenters. The van der Waals surface area contributed by atoms with E-state index in [-0.39, 0.29) is 5.54 Å². The van der Waals surface area contributed by atoms with Gasteiger partial charge in [0, 0.05) is 5.54 Å². The molecule has 0 aromatic heterocycles. The molecule has 1 aromatic carbocycles. The first-order valence-corrected chi connectivity index (χ1v) is 7.20. The summed E-state index contributed by atoms with van der Waals surface area (Å²) >= 11 is 0. The van der Waals surface area contributed by atoms with Crippen molar-refractivity contribution in [2.75, 3.05) is 0 Å². The molecule has 98 valence electrons. The van der Waals surface area contributed by atoms with Crippen molar-refractivity contribution in [3.05, 3.63) is 35.4 Å². The molecule has 0 bridgehead atoms. The molecule has 1 heterocycles. The second-order valence-corrected chi connectivity index (χ2v) is 6.02. The van der Waals surface area contributed by atoms with Crippen molar-refractivity contribution in [1.29, 1.82) is 0 Å². The molecular weight excluding hydrogens is 222 g/mol. The highest BCUT2D eigenvalue weighted by molar-refractivity contribution is 5.36. The first kappa shape index (κ1) is 12.2. The smallest absolute Gasteiger partial charge is 0.0600 e. The van der Waals surface area contributed by atoms with Crippen LogP contribution in [0.1, 0.15) is 50.2 Å². The van der Waals surface area contributed by atoms with Gasteiger partial charge in [-0.25, -0.2) is 0 Å². The van der Waals surface area contributed by atoms with Crippen LogP contribution >= 0.6 is 0 Å². The van der Waals surface area contributed by atoms with E-state index in [1.165, 1.54) is 36.8 Å². The maximum absolute atomic E-state index is 6.72. The number of hydrogen-bond donors (Lipinski definition) is 1. The predicted octanol–water partition coefficient (Wildman–Crippen LogP) is 3.13. The van der Waals surface area contributed by atoms with Gasteiger partial charge >= 0.3 is 0 Å². The van der Waals surface area contributed by atoms with Gasteiger partial charge in [0.25, 0.3) is 0 Å². The first-order valence-electron chi connectivity index (χ1n) is 7.20. The Morgan fingerprint density at radius 2 is 2.17 bits per heavy atom. The molecular formula is C16H23NO. The number of aryl methyl sites for hydroxylation is 1. The zero-order valence-corrected chi connectivity index (χ0v) is 11.2. The number of rotatable bonds is 2. The van der Waals surface area contributed by atoms with Gasteiger partial charge in [0.15, 0.2) is 0 Å². The highest BCUT2D eigenvalue weighted by Crippen LogP contribution is 2.39. The maximum atomic E-state index is 6.72. The molecule has 3 rings (SSSR count). The molecule has 0 radical (unpaired) electrons. The van der Waals surface area contributed by atoms with Crippen molar-refractivity contribution in [3.63, 3.8) is 0 Å². The van der Waals surface area contributed by atoms with E-state index in [4.69, 9.17) is 10.5 Å². The third-order valence-electron chi connectivity index (χ3n) is 4.53. The van der Waals surface area contributed by atoms with Gasteiger partial charge in [-0.1, -0.05) is 24.3 Å². The summed E-state index contributed by atoms with van der Waals surface area (Å²) in [4.78, 5) is 0. The molecule has 1 aliphatic heterocycles. The van der Waals surface area contributed by atoms with Gasteiger partial charge in [0.1, 0.15) is 0 Å². The van der Waals surface area contributed by atoms with E-state index < -0.39 is 0 Å². The average molecular weight is 245 g/mol. The minimum atomic E-state index is -0.163. The van der Waals surface area contributed by atoms with Crippen molar-refractivity contribution in [3.8, 4) is 0 Å². The van der Waals surface area contributed by atoms with Crippen LogP contribution in [-0.4, -0.2) is 12.2 Å². The summed E-state index contributed by atoms with van der Waals surface area (Å²) in [5.74, 6) is 0. The summed E-state index contributed by atoms with van der Waals surface area (Å²) in [5, 5.41) is 0. The predicted molar refractivity (Wildman–Crippen MR) is 73.4 cm³/mol. The van der Waals surface area contributed by atoms with E-state index in [0.29, 0.717) is 12.2 Å². The number of nitrogens with two attached hydrogens (primary N) is 1. The zero-order chi connectivity index (χ0) is 12.6. The second-order valence-electron chi connectivity index (χ2n) is 6.02. The summed E-state index contributed by atoms with van der Waals surface area (Å²) < 4.78 is 5.96. The van der Waals surface area contributed by atoms with Crippen LogP contribution in [0.4, 0.5) is 0 Å². The van der Waals surface area contributed by atoms with E-state index >= 15 is 0 Å². The highest BCUT2D eigenvalue weighted by atomic mass is 16.5. The quantitative estimate of drug-likeness (QED) is 0.868. The molecule has 2 aliphatic rings. The normalized spacial score (nSPS) is 35.4. The number of benzene rings is 1. The van der Waals surface area contributed by atoms with Crippen LogP contribution in [0.25, 0.3) is 0 Å². The zero-order valence-electron chi connectivity index (χ0n) is 11.2. The molecule has 1 aromatic rings. The van der Waals surface area contributed by atoms with Crippen LogP contribution < -0.4 is 5.73 Å². The monoisotopic (exact) mass is 245 g/mol. The maximum Gasteiger partial charge on any atom is 0.0600 e. The van der Waals surface area contributed by atoms with Crippen LogP contribution in [0.5, 0.6) is 0 Å². The Morgan fingerprint density at radius 3 is 2.94 bits per heavy atom. The van der Waals surface area contributed by atoms with Gasteiger partial charge in [0.2, 0.25) is 0 Å². The summed E-state index contributed by atoms with van der Waals surface area (Å²) in [6.45, 7) is 2.16. The fourth-order valence-electron chi connectivity index (χ4n) is 3.61. The lowest BCUT2D eigenvalue weighted by molar-refractivity contribution is 0.0338. The van der Waals surface area contributed by atoms with Crippen molar-refractivity contribution in [2.24, 2.45) is 5.73 Å². The van der Waals surface area contributed by atoms with E-state index in [2.05, 4.69) is 31.2 Å². The third kappa shape index (κ3) is 2.19. The van der Waals surface area contributed by atoms with Crippen LogP contribution in [0.3, 0.4) is 0 Å². The van der Waals surface area contributed by atoms with Gasteiger partial charge in [-0.3, -0.25) is 0 Å². The Balaban J connectivity index is 1.82. The first-order chi connectivity index (χ1) is 8.67. The Kier molecular flexibility index (Phi) is 3.16. The molecule has 18 heavy (non-hydrogen) atoms. The SMILES string of the molecule is CC1CCC(CC2(N)CCCc3ccccc32)O1. The topological polar surface area (TPSA) is 35.2 Å². The molecule has 0 spiro atoms. The van der Waals surface area contributed by atoms with Gasteiger partial charge < -0.3 is 10.5 Å². The molecule has 0 amide bonds. The number of hydrogen-bond acceptors (Lipinski definition) is 2. The Bertz CT molecular complexity index is 431. The molecule has 1 fully saturated rings. The largest absolute Gasteiger partial charge is 0.375 e. The standard InChI is InChI=1S/C16H23NO/c1-12-8-9-14(18-12)11-16(17)10-4-6-13-5-2-3-7-15(13)16/h2-3,5,7,12,14H,4,6,8-11,17H2,1H3. The summed E-state index contributed by atoms with van der Waals surface area (Å²) in [6, 6.07) is 8.68. The van der Waals surface area contributed by atoms with E-state index in [0.717, 1.165) is 12.8 Å². The Hall–Kier alpha value is -0.860. The lowest BCUT2D eigenvalue weighted by Gasteiger charge is -2.37. The molecule has 2 nitrogen and oxygen atoms in total. The van der Waals surface area contributed by atoms with Crippen LogP contribution in [-0.2, 0) is 16.7 Å². The minimum Gasteiger partial charge on any atom is -0.375 e. The molecule has 1 saturated heterocycles. The van der Waals surface area contributed by atoms with Crippen molar-refractivity contribution in [2.45, 2.75) is 63.2 Å². The fourth-order valence-corrected chi connectivity index (χ4v) is 3.61. The average Bonchev–Trinajstić information content (AvgIpc) is 2.75.